The van der Waals surface area contributed by atoms with Crippen molar-refractivity contribution in [3.05, 3.63) is 0 Å². The molecule has 0 saturated heterocycles. The van der Waals surface area contributed by atoms with E-state index in [0.717, 1.165) is 13.2 Å². The largest absolute Gasteiger partial charge is 0.482 e. The number of carboxylic acids is 1. The van der Waals surface area contributed by atoms with Gasteiger partial charge in [0.15, 0.2) is 6.40 Å². The van der Waals surface area contributed by atoms with Gasteiger partial charge in [0.25, 0.3) is 0 Å². The quantitative estimate of drug-likeness (QED) is 0.600. The number of hydrogen-bond acceptors (Lipinski definition) is 4. The predicted octanol–water partition coefficient (Wildman–Crippen LogP) is 0.0950. The van der Waals surface area contributed by atoms with Crippen molar-refractivity contribution in [3.8, 4) is 0 Å². The summed E-state index contributed by atoms with van der Waals surface area (Å²) >= 11 is 0. The fourth-order valence-electron chi connectivity index (χ4n) is 0.476. The Bertz CT molecular complexity index is 170. The molecule has 1 aliphatic rings. The molecular weight excluding hydrogens is 162 g/mol. The number of Topliss-reactive ketones (excluding diaryl/α,β-unsaturated/α-hetero) is 1. The lowest BCUT2D eigenvalue weighted by Crippen LogP contribution is -2.00. The highest BCUT2D eigenvalue weighted by Crippen LogP contribution is 1.79. The van der Waals surface area contributed by atoms with Crippen LogP contribution in [0, 0.1) is 0 Å². The second-order valence-corrected chi connectivity index (χ2v) is 2.15. The first-order chi connectivity index (χ1) is 5.63. The molecule has 0 aromatic rings. The molecule has 0 saturated carbocycles. The Morgan fingerprint density at radius 3 is 2.42 bits per heavy atom. The lowest BCUT2D eigenvalue weighted by atomic mass is 10.3. The average Bonchev–Trinajstić information content (AvgIpc) is 2.36. The zero-order valence-electron chi connectivity index (χ0n) is 6.82. The number of carbonyl (C=O) groups is 2. The molecule has 1 aliphatic heterocycles. The standard InChI is InChI=1S/C4H6O3.C3H5NO/c1-3(5)2-4(6)7;1-2-5-3-4-1/h2H2,1H3,(H,6,7);3H,1-2H2. The van der Waals surface area contributed by atoms with Crippen molar-refractivity contribution < 1.29 is 19.4 Å². The summed E-state index contributed by atoms with van der Waals surface area (Å²) in [5.74, 6) is -1.37. The molecule has 0 fully saturated rings. The van der Waals surface area contributed by atoms with Crippen molar-refractivity contribution in [2.24, 2.45) is 4.99 Å². The highest BCUT2D eigenvalue weighted by molar-refractivity contribution is 5.93. The van der Waals surface area contributed by atoms with E-state index in [4.69, 9.17) is 5.11 Å². The summed E-state index contributed by atoms with van der Waals surface area (Å²) in [6.07, 6.45) is 1.12. The molecule has 0 aromatic carbocycles. The molecule has 1 N–H and O–H groups in total. The van der Waals surface area contributed by atoms with Crippen LogP contribution < -0.4 is 0 Å². The molecule has 5 nitrogen and oxygen atoms in total. The molecule has 12 heavy (non-hydrogen) atoms. The van der Waals surface area contributed by atoms with E-state index in [1.54, 1.807) is 0 Å². The highest BCUT2D eigenvalue weighted by Gasteiger charge is 1.98. The average molecular weight is 173 g/mol. The number of nitrogens with zero attached hydrogens (tertiary/aromatic N) is 1. The van der Waals surface area contributed by atoms with E-state index in [9.17, 15) is 9.59 Å². The zero-order valence-corrected chi connectivity index (χ0v) is 6.82. The molecule has 0 aromatic heterocycles. The summed E-state index contributed by atoms with van der Waals surface area (Å²) < 4.78 is 4.65. The highest BCUT2D eigenvalue weighted by atomic mass is 16.5. The van der Waals surface area contributed by atoms with Crippen LogP contribution in [0.4, 0.5) is 0 Å². The summed E-state index contributed by atoms with van der Waals surface area (Å²) in [6.45, 7) is 2.87. The Labute approximate surface area is 70.1 Å². The third-order valence-electron chi connectivity index (χ3n) is 0.887. The maximum atomic E-state index is 9.87. The first-order valence-electron chi connectivity index (χ1n) is 3.44. The van der Waals surface area contributed by atoms with Crippen molar-refractivity contribution in [1.29, 1.82) is 0 Å². The number of ketones is 1. The second-order valence-electron chi connectivity index (χ2n) is 2.15. The van der Waals surface area contributed by atoms with Gasteiger partial charge < -0.3 is 9.84 Å². The van der Waals surface area contributed by atoms with Crippen LogP contribution in [0.2, 0.25) is 0 Å². The van der Waals surface area contributed by atoms with Gasteiger partial charge >= 0.3 is 5.97 Å². The Morgan fingerprint density at radius 1 is 1.67 bits per heavy atom. The van der Waals surface area contributed by atoms with E-state index in [2.05, 4.69) is 9.73 Å². The van der Waals surface area contributed by atoms with Crippen LogP contribution in [-0.2, 0) is 14.3 Å². The van der Waals surface area contributed by atoms with Crippen LogP contribution >= 0.6 is 0 Å². The minimum atomic E-state index is -1.06. The predicted molar refractivity (Wildman–Crippen MR) is 42.2 cm³/mol. The van der Waals surface area contributed by atoms with Gasteiger partial charge in [-0.15, -0.1) is 0 Å². The van der Waals surface area contributed by atoms with Gasteiger partial charge in [0, 0.05) is 0 Å². The van der Waals surface area contributed by atoms with Crippen molar-refractivity contribution >= 4 is 18.2 Å². The zero-order chi connectivity index (χ0) is 9.40. The van der Waals surface area contributed by atoms with E-state index in [-0.39, 0.29) is 12.2 Å². The van der Waals surface area contributed by atoms with Crippen LogP contribution in [0.5, 0.6) is 0 Å². The third kappa shape index (κ3) is 8.61. The van der Waals surface area contributed by atoms with Crippen LogP contribution in [0.3, 0.4) is 0 Å². The number of aliphatic imine (C=N–C) groups is 1. The monoisotopic (exact) mass is 173 g/mol. The van der Waals surface area contributed by atoms with Gasteiger partial charge in [0.05, 0.1) is 6.54 Å². The number of aliphatic carboxylic acids is 1. The first kappa shape index (κ1) is 10.6. The van der Waals surface area contributed by atoms with Crippen LogP contribution in [-0.4, -0.2) is 36.4 Å². The molecule has 5 heteroatoms. The normalized spacial score (nSPS) is 12.8. The smallest absolute Gasteiger partial charge is 0.310 e. The molecule has 0 bridgehead atoms. The van der Waals surface area contributed by atoms with Crippen molar-refractivity contribution in [2.75, 3.05) is 13.2 Å². The Morgan fingerprint density at radius 2 is 2.33 bits per heavy atom. The lowest BCUT2D eigenvalue weighted by molar-refractivity contribution is -0.139. The van der Waals surface area contributed by atoms with Gasteiger partial charge in [-0.2, -0.15) is 0 Å². The SMILES string of the molecule is C1=NCCO1.CC(=O)CC(=O)O. The number of carbonyl (C=O) groups excluding carboxylic acids is 1. The fraction of sp³-hybridized carbons (Fsp3) is 0.571. The molecule has 0 radical (unpaired) electrons. The molecule has 1 rings (SSSR count). The summed E-state index contributed by atoms with van der Waals surface area (Å²) in [4.78, 5) is 23.2. The summed E-state index contributed by atoms with van der Waals surface area (Å²) in [7, 11) is 0. The molecule has 0 amide bonds. The van der Waals surface area contributed by atoms with Crippen molar-refractivity contribution in [1.82, 2.24) is 0 Å². The maximum absolute atomic E-state index is 9.87. The fourth-order valence-corrected chi connectivity index (χ4v) is 0.476. The summed E-state index contributed by atoms with van der Waals surface area (Å²) in [6, 6.07) is 0. The molecule has 0 spiro atoms. The van der Waals surface area contributed by atoms with Gasteiger partial charge in [-0.05, 0) is 6.92 Å². The van der Waals surface area contributed by atoms with Gasteiger partial charge in [-0.25, -0.2) is 0 Å². The van der Waals surface area contributed by atoms with Crippen LogP contribution in [0.25, 0.3) is 0 Å². The van der Waals surface area contributed by atoms with Gasteiger partial charge in [0.2, 0.25) is 0 Å². The van der Waals surface area contributed by atoms with Crippen LogP contribution in [0.15, 0.2) is 4.99 Å². The number of hydrogen-bond donors (Lipinski definition) is 1. The number of carboxylic acid groups (broad SMARTS) is 1. The maximum Gasteiger partial charge on any atom is 0.310 e. The Kier molecular flexibility index (Phi) is 5.60. The third-order valence-corrected chi connectivity index (χ3v) is 0.887. The van der Waals surface area contributed by atoms with E-state index < -0.39 is 5.97 Å². The minimum Gasteiger partial charge on any atom is -0.482 e. The summed E-state index contributed by atoms with van der Waals surface area (Å²) in [5, 5.41) is 7.86. The van der Waals surface area contributed by atoms with Crippen molar-refractivity contribution in [2.45, 2.75) is 13.3 Å². The number of rotatable bonds is 2. The number of ether oxygens (including phenoxy) is 1. The Balaban J connectivity index is 0.000000211. The molecule has 68 valence electrons. The molecule has 0 atom stereocenters. The molecule has 0 unspecified atom stereocenters. The summed E-state index contributed by atoms with van der Waals surface area (Å²) in [5.41, 5.74) is 0. The van der Waals surface area contributed by atoms with Crippen molar-refractivity contribution in [3.63, 3.8) is 0 Å². The van der Waals surface area contributed by atoms with E-state index in [1.165, 1.54) is 13.3 Å². The molecule has 1 heterocycles. The molecular formula is C7H11NO4. The van der Waals surface area contributed by atoms with Gasteiger partial charge in [0.1, 0.15) is 18.8 Å². The van der Waals surface area contributed by atoms with E-state index in [0.29, 0.717) is 0 Å². The van der Waals surface area contributed by atoms with Crippen LogP contribution in [0.1, 0.15) is 13.3 Å². The van der Waals surface area contributed by atoms with E-state index >= 15 is 0 Å². The second kappa shape index (κ2) is 6.33. The minimum absolute atomic E-state index is 0.312. The van der Waals surface area contributed by atoms with Gasteiger partial charge in [-0.1, -0.05) is 0 Å². The van der Waals surface area contributed by atoms with Gasteiger partial charge in [-0.3, -0.25) is 14.6 Å². The van der Waals surface area contributed by atoms with E-state index in [1.807, 2.05) is 0 Å². The lowest BCUT2D eigenvalue weighted by Gasteiger charge is -1.80. The Hall–Kier alpha value is -1.39. The topological polar surface area (TPSA) is 76.0 Å². The first-order valence-corrected chi connectivity index (χ1v) is 3.44. The molecule has 0 aliphatic carbocycles.